The van der Waals surface area contributed by atoms with E-state index in [1.165, 1.54) is 0 Å². The minimum atomic E-state index is -0.697. The number of carbonyl (C=O) groups excluding carboxylic acids is 1. The number of ether oxygens (including phenoxy) is 3. The highest BCUT2D eigenvalue weighted by Gasteiger charge is 2.42. The molecule has 2 aliphatic heterocycles. The summed E-state index contributed by atoms with van der Waals surface area (Å²) in [5, 5.41) is 3.28. The molecule has 1 aromatic rings. The Bertz CT molecular complexity index is 576. The van der Waals surface area contributed by atoms with E-state index >= 15 is 0 Å². The highest BCUT2D eigenvalue weighted by molar-refractivity contribution is 5.85. The van der Waals surface area contributed by atoms with Gasteiger partial charge in [-0.2, -0.15) is 0 Å². The molecule has 24 heavy (non-hydrogen) atoms. The minimum absolute atomic E-state index is 0. The third kappa shape index (κ3) is 3.61. The average Bonchev–Trinajstić information content (AvgIpc) is 3.07. The normalized spacial score (nSPS) is 17.9. The molecule has 134 valence electrons. The second-order valence-electron chi connectivity index (χ2n) is 5.96. The van der Waals surface area contributed by atoms with Gasteiger partial charge in [0.2, 0.25) is 6.79 Å². The first-order valence-corrected chi connectivity index (χ1v) is 8.12. The number of benzene rings is 1. The Morgan fingerprint density at radius 2 is 2.00 bits per heavy atom. The van der Waals surface area contributed by atoms with Gasteiger partial charge in [0.15, 0.2) is 11.5 Å². The number of likely N-dealkylation sites (N-methyl/N-ethyl adjacent to an activating group) is 1. The van der Waals surface area contributed by atoms with Crippen molar-refractivity contribution in [3.8, 4) is 11.5 Å². The maximum absolute atomic E-state index is 13.0. The molecule has 2 aliphatic rings. The van der Waals surface area contributed by atoms with Crippen LogP contribution >= 0.6 is 12.4 Å². The van der Waals surface area contributed by atoms with Crippen LogP contribution in [-0.2, 0) is 16.1 Å². The number of rotatable bonds is 5. The highest BCUT2D eigenvalue weighted by Crippen LogP contribution is 2.33. The van der Waals surface area contributed by atoms with Crippen molar-refractivity contribution in [2.45, 2.75) is 31.9 Å². The van der Waals surface area contributed by atoms with Crippen molar-refractivity contribution in [2.24, 2.45) is 0 Å². The van der Waals surface area contributed by atoms with Crippen molar-refractivity contribution in [1.29, 1.82) is 0 Å². The van der Waals surface area contributed by atoms with Crippen molar-refractivity contribution in [1.82, 2.24) is 10.2 Å². The van der Waals surface area contributed by atoms with Crippen molar-refractivity contribution in [2.75, 3.05) is 33.5 Å². The SMILES string of the molecule is CCN(Cc1ccc2c(c1)OCO2)C(=O)C1(OC)CCNCC1.Cl. The quantitative estimate of drug-likeness (QED) is 0.873. The second-order valence-corrected chi connectivity index (χ2v) is 5.96. The van der Waals surface area contributed by atoms with Gasteiger partial charge in [0.05, 0.1) is 0 Å². The molecule has 0 spiro atoms. The summed E-state index contributed by atoms with van der Waals surface area (Å²) in [4.78, 5) is 14.9. The lowest BCUT2D eigenvalue weighted by Crippen LogP contribution is -2.55. The molecular formula is C17H25ClN2O4. The number of amides is 1. The van der Waals surface area contributed by atoms with E-state index in [-0.39, 0.29) is 25.1 Å². The molecule has 0 radical (unpaired) electrons. The number of hydrogen-bond donors (Lipinski definition) is 1. The lowest BCUT2D eigenvalue weighted by Gasteiger charge is -2.38. The van der Waals surface area contributed by atoms with Gasteiger partial charge in [0.1, 0.15) is 5.60 Å². The standard InChI is InChI=1S/C17H24N2O4.ClH/c1-3-19(16(20)17(21-2)6-8-18-9-7-17)11-13-4-5-14-15(10-13)23-12-22-14;/h4-5,10,18H,3,6-9,11-12H2,1-2H3;1H. The largest absolute Gasteiger partial charge is 0.454 e. The summed E-state index contributed by atoms with van der Waals surface area (Å²) < 4.78 is 16.4. The van der Waals surface area contributed by atoms with E-state index in [0.29, 0.717) is 25.9 Å². The van der Waals surface area contributed by atoms with Gasteiger partial charge in [-0.25, -0.2) is 0 Å². The molecule has 0 atom stereocenters. The summed E-state index contributed by atoms with van der Waals surface area (Å²) in [5.41, 5.74) is 0.335. The summed E-state index contributed by atoms with van der Waals surface area (Å²) in [5.74, 6) is 1.57. The van der Waals surface area contributed by atoms with E-state index in [9.17, 15) is 4.79 Å². The molecule has 1 saturated heterocycles. The molecule has 7 heteroatoms. The van der Waals surface area contributed by atoms with Crippen LogP contribution in [0.5, 0.6) is 11.5 Å². The van der Waals surface area contributed by atoms with Crippen LogP contribution < -0.4 is 14.8 Å². The van der Waals surface area contributed by atoms with Gasteiger partial charge in [-0.3, -0.25) is 4.79 Å². The van der Waals surface area contributed by atoms with E-state index in [4.69, 9.17) is 14.2 Å². The van der Waals surface area contributed by atoms with Gasteiger partial charge in [0.25, 0.3) is 5.91 Å². The Morgan fingerprint density at radius 1 is 1.29 bits per heavy atom. The zero-order valence-corrected chi connectivity index (χ0v) is 15.0. The van der Waals surface area contributed by atoms with Crippen LogP contribution in [0.3, 0.4) is 0 Å². The van der Waals surface area contributed by atoms with Crippen molar-refractivity contribution in [3.63, 3.8) is 0 Å². The third-order valence-corrected chi connectivity index (χ3v) is 4.67. The molecule has 0 saturated carbocycles. The van der Waals surface area contributed by atoms with Crippen LogP contribution in [0.4, 0.5) is 0 Å². The first kappa shape index (κ1) is 18.8. The van der Waals surface area contributed by atoms with E-state index in [0.717, 1.165) is 30.2 Å². The molecule has 6 nitrogen and oxygen atoms in total. The summed E-state index contributed by atoms with van der Waals surface area (Å²) >= 11 is 0. The molecule has 1 fully saturated rings. The van der Waals surface area contributed by atoms with Gasteiger partial charge in [0, 0.05) is 20.2 Å². The van der Waals surface area contributed by atoms with Crippen LogP contribution in [0, 0.1) is 0 Å². The highest BCUT2D eigenvalue weighted by atomic mass is 35.5. The zero-order valence-electron chi connectivity index (χ0n) is 14.2. The van der Waals surface area contributed by atoms with Gasteiger partial charge in [-0.1, -0.05) is 6.07 Å². The fraction of sp³-hybridized carbons (Fsp3) is 0.588. The second kappa shape index (κ2) is 8.05. The van der Waals surface area contributed by atoms with Gasteiger partial charge in [-0.15, -0.1) is 12.4 Å². The van der Waals surface area contributed by atoms with Crippen LogP contribution in [-0.4, -0.2) is 49.9 Å². The Kier molecular flexibility index (Phi) is 6.32. The molecule has 1 N–H and O–H groups in total. The summed E-state index contributed by atoms with van der Waals surface area (Å²) in [6.07, 6.45) is 1.42. The first-order chi connectivity index (χ1) is 11.2. The number of carbonyl (C=O) groups is 1. The third-order valence-electron chi connectivity index (χ3n) is 4.67. The van der Waals surface area contributed by atoms with Crippen molar-refractivity contribution < 1.29 is 19.0 Å². The molecule has 0 unspecified atom stereocenters. The molecule has 1 amide bonds. The number of methoxy groups -OCH3 is 1. The Hall–Kier alpha value is -1.50. The molecule has 3 rings (SSSR count). The topological polar surface area (TPSA) is 60.0 Å². The maximum atomic E-state index is 13.0. The minimum Gasteiger partial charge on any atom is -0.454 e. The monoisotopic (exact) mass is 356 g/mol. The fourth-order valence-corrected chi connectivity index (χ4v) is 3.21. The number of fused-ring (bicyclic) bond motifs is 1. The van der Waals surface area contributed by atoms with Crippen molar-refractivity contribution in [3.05, 3.63) is 23.8 Å². The van der Waals surface area contributed by atoms with Gasteiger partial charge < -0.3 is 24.4 Å². The Labute approximate surface area is 148 Å². The number of hydrogen-bond acceptors (Lipinski definition) is 5. The number of piperidine rings is 1. The first-order valence-electron chi connectivity index (χ1n) is 8.12. The molecule has 1 aromatic carbocycles. The van der Waals surface area contributed by atoms with Crippen LogP contribution in [0.15, 0.2) is 18.2 Å². The fourth-order valence-electron chi connectivity index (χ4n) is 3.21. The average molecular weight is 357 g/mol. The van der Waals surface area contributed by atoms with Crippen LogP contribution in [0.2, 0.25) is 0 Å². The summed E-state index contributed by atoms with van der Waals surface area (Å²) in [6.45, 7) is 5.06. The summed E-state index contributed by atoms with van der Waals surface area (Å²) in [7, 11) is 1.64. The lowest BCUT2D eigenvalue weighted by molar-refractivity contribution is -0.158. The number of nitrogens with zero attached hydrogens (tertiary/aromatic N) is 1. The molecule has 2 heterocycles. The summed E-state index contributed by atoms with van der Waals surface area (Å²) in [6, 6.07) is 5.82. The predicted molar refractivity (Wildman–Crippen MR) is 92.7 cm³/mol. The van der Waals surface area contributed by atoms with E-state index in [1.807, 2.05) is 30.0 Å². The molecular weight excluding hydrogens is 332 g/mol. The van der Waals surface area contributed by atoms with Gasteiger partial charge in [-0.05, 0) is 50.6 Å². The lowest BCUT2D eigenvalue weighted by atomic mass is 9.90. The van der Waals surface area contributed by atoms with Crippen LogP contribution in [0.25, 0.3) is 0 Å². The maximum Gasteiger partial charge on any atom is 0.255 e. The predicted octanol–water partition coefficient (Wildman–Crippen LogP) is 1.95. The Morgan fingerprint density at radius 3 is 2.67 bits per heavy atom. The Balaban J connectivity index is 0.00000208. The van der Waals surface area contributed by atoms with E-state index < -0.39 is 5.60 Å². The van der Waals surface area contributed by atoms with Crippen LogP contribution in [0.1, 0.15) is 25.3 Å². The smallest absolute Gasteiger partial charge is 0.255 e. The van der Waals surface area contributed by atoms with E-state index in [1.54, 1.807) is 7.11 Å². The van der Waals surface area contributed by atoms with E-state index in [2.05, 4.69) is 5.32 Å². The van der Waals surface area contributed by atoms with Crippen molar-refractivity contribution >= 4 is 18.3 Å². The number of nitrogens with one attached hydrogen (secondary N) is 1. The molecule has 0 aliphatic carbocycles. The van der Waals surface area contributed by atoms with Gasteiger partial charge >= 0.3 is 0 Å². The molecule has 0 aromatic heterocycles. The zero-order chi connectivity index (χ0) is 16.3. The number of halogens is 1. The molecule has 0 bridgehead atoms.